The molecule has 0 fully saturated rings. The van der Waals surface area contributed by atoms with Crippen molar-refractivity contribution in [2.45, 2.75) is 18.7 Å². The number of aromatic nitrogens is 1. The molecular formula is C27H20FN3O3S. The van der Waals surface area contributed by atoms with Crippen LogP contribution in [-0.4, -0.2) is 16.2 Å². The van der Waals surface area contributed by atoms with Gasteiger partial charge in [-0.05, 0) is 48.9 Å². The van der Waals surface area contributed by atoms with Crippen LogP contribution in [0.3, 0.4) is 0 Å². The third-order valence-electron chi connectivity index (χ3n) is 6.37. The molecule has 6 rings (SSSR count). The number of anilines is 1. The number of nitrogens with one attached hydrogen (secondary N) is 1. The molecule has 0 radical (unpaired) electrons. The van der Waals surface area contributed by atoms with Crippen molar-refractivity contribution < 1.29 is 13.9 Å². The van der Waals surface area contributed by atoms with E-state index in [1.165, 1.54) is 23.5 Å². The largest absolute Gasteiger partial charge is 0.465 e. The van der Waals surface area contributed by atoms with E-state index in [-0.39, 0.29) is 17.3 Å². The lowest BCUT2D eigenvalue weighted by atomic mass is 9.80. The van der Waals surface area contributed by atoms with E-state index >= 15 is 0 Å². The Kier molecular flexibility index (Phi) is 4.93. The number of nitrogens with zero attached hydrogens (tertiary/aromatic N) is 2. The van der Waals surface area contributed by atoms with Gasteiger partial charge in [0.05, 0.1) is 10.6 Å². The first-order chi connectivity index (χ1) is 16.9. The number of halogens is 1. The van der Waals surface area contributed by atoms with Gasteiger partial charge in [-0.3, -0.25) is 14.2 Å². The molecule has 3 aromatic carbocycles. The summed E-state index contributed by atoms with van der Waals surface area (Å²) in [6.07, 6.45) is 1.71. The number of carbonyl (C=O) groups excluding carboxylic acids is 1. The Bertz CT molecular complexity index is 1630. The molecule has 2 bridgehead atoms. The monoisotopic (exact) mass is 485 g/mol. The van der Waals surface area contributed by atoms with Crippen LogP contribution < -0.4 is 24.9 Å². The fraction of sp³-hybridized carbons (Fsp3) is 0.148. The summed E-state index contributed by atoms with van der Waals surface area (Å²) < 4.78 is 21.7. The van der Waals surface area contributed by atoms with Crippen LogP contribution >= 0.6 is 11.3 Å². The number of amides is 1. The van der Waals surface area contributed by atoms with E-state index in [2.05, 4.69) is 5.32 Å². The first-order valence-electron chi connectivity index (χ1n) is 11.2. The summed E-state index contributed by atoms with van der Waals surface area (Å²) in [5.41, 5.74) is 0.651. The number of para-hydroxylation sites is 2. The lowest BCUT2D eigenvalue weighted by Gasteiger charge is -2.45. The normalized spacial score (nSPS) is 22.4. The Morgan fingerprint density at radius 1 is 1.09 bits per heavy atom. The van der Waals surface area contributed by atoms with Gasteiger partial charge >= 0.3 is 0 Å². The molecule has 2 aliphatic heterocycles. The van der Waals surface area contributed by atoms with Crippen molar-refractivity contribution in [1.29, 1.82) is 0 Å². The molecule has 4 aromatic rings. The fourth-order valence-corrected chi connectivity index (χ4v) is 5.89. The molecule has 8 heteroatoms. The van der Waals surface area contributed by atoms with Crippen LogP contribution in [0.15, 0.2) is 88.6 Å². The highest BCUT2D eigenvalue weighted by atomic mass is 32.1. The zero-order valence-electron chi connectivity index (χ0n) is 18.6. The number of rotatable bonds is 3. The van der Waals surface area contributed by atoms with Crippen molar-refractivity contribution >= 4 is 29.0 Å². The number of hydrogen-bond acceptors (Lipinski definition) is 5. The minimum Gasteiger partial charge on any atom is -0.465 e. The van der Waals surface area contributed by atoms with Crippen molar-refractivity contribution in [3.8, 4) is 5.75 Å². The molecule has 174 valence electrons. The summed E-state index contributed by atoms with van der Waals surface area (Å²) in [5, 5.41) is 2.96. The maximum atomic E-state index is 13.7. The van der Waals surface area contributed by atoms with Crippen molar-refractivity contribution in [1.82, 2.24) is 4.57 Å². The van der Waals surface area contributed by atoms with Crippen molar-refractivity contribution in [3.05, 3.63) is 115 Å². The molecule has 1 aromatic heterocycles. The molecule has 1 N–H and O–H groups in total. The average Bonchev–Trinajstić information content (AvgIpc) is 3.14. The van der Waals surface area contributed by atoms with E-state index in [0.29, 0.717) is 26.3 Å². The molecule has 0 unspecified atom stereocenters. The number of thiazole rings is 1. The van der Waals surface area contributed by atoms with Gasteiger partial charge in [-0.15, -0.1) is 0 Å². The molecular weight excluding hydrogens is 465 g/mol. The Balaban J connectivity index is 1.54. The highest BCUT2D eigenvalue weighted by Gasteiger charge is 2.55. The maximum Gasteiger partial charge on any atom is 0.270 e. The van der Waals surface area contributed by atoms with Gasteiger partial charge in [0.25, 0.3) is 5.56 Å². The molecule has 3 atom stereocenters. The number of hydrogen-bond donors (Lipinski definition) is 1. The van der Waals surface area contributed by atoms with Gasteiger partial charge in [-0.25, -0.2) is 9.38 Å². The van der Waals surface area contributed by atoms with E-state index in [1.807, 2.05) is 54.6 Å². The summed E-state index contributed by atoms with van der Waals surface area (Å²) in [7, 11) is 0. The van der Waals surface area contributed by atoms with Gasteiger partial charge in [0.15, 0.2) is 4.80 Å². The van der Waals surface area contributed by atoms with Gasteiger partial charge in [-0.1, -0.05) is 59.9 Å². The van der Waals surface area contributed by atoms with Gasteiger partial charge in [0.1, 0.15) is 17.5 Å². The zero-order chi connectivity index (χ0) is 24.2. The molecule has 1 amide bonds. The van der Waals surface area contributed by atoms with E-state index < -0.39 is 17.7 Å². The Morgan fingerprint density at radius 3 is 2.57 bits per heavy atom. The SMILES string of the molecule is C[C@@]12N=c3s/c(=C\c4ccc(F)cc4)c(=O)n3[C@H](c3ccccc3O1)[C@H]2C(=O)Nc1ccccc1. The summed E-state index contributed by atoms with van der Waals surface area (Å²) in [4.78, 5) is 32.6. The standard InChI is InChI=1S/C27H20FN3O3S/c1-27-22(24(32)29-18-7-3-2-4-8-18)23(19-9-5-6-10-20(19)34-27)31-25(33)21(35-26(31)30-27)15-16-11-13-17(28)14-12-16/h2-15,22-23H,1H3,(H,29,32)/b21-15-/t22-,23+,27+/m0/s1. The van der Waals surface area contributed by atoms with Gasteiger partial charge in [0.2, 0.25) is 11.6 Å². The van der Waals surface area contributed by atoms with Crippen LogP contribution in [0, 0.1) is 11.7 Å². The predicted octanol–water partition coefficient (Wildman–Crippen LogP) is 3.46. The van der Waals surface area contributed by atoms with E-state index in [9.17, 15) is 14.0 Å². The topological polar surface area (TPSA) is 72.7 Å². The summed E-state index contributed by atoms with van der Waals surface area (Å²) in [5.74, 6) is -0.812. The quantitative estimate of drug-likeness (QED) is 0.483. The van der Waals surface area contributed by atoms with E-state index in [1.54, 1.807) is 29.7 Å². The van der Waals surface area contributed by atoms with Crippen LogP contribution in [0.25, 0.3) is 6.08 Å². The molecule has 0 saturated heterocycles. The molecule has 6 nitrogen and oxygen atoms in total. The number of benzene rings is 3. The van der Waals surface area contributed by atoms with Gasteiger partial charge in [0, 0.05) is 11.3 Å². The van der Waals surface area contributed by atoms with Gasteiger partial charge < -0.3 is 10.1 Å². The molecule has 0 spiro atoms. The molecule has 0 saturated carbocycles. The predicted molar refractivity (Wildman–Crippen MR) is 132 cm³/mol. The zero-order valence-corrected chi connectivity index (χ0v) is 19.5. The first-order valence-corrected chi connectivity index (χ1v) is 12.0. The average molecular weight is 486 g/mol. The van der Waals surface area contributed by atoms with E-state index in [4.69, 9.17) is 9.73 Å². The second-order valence-electron chi connectivity index (χ2n) is 8.70. The number of fused-ring (bicyclic) bond motifs is 6. The van der Waals surface area contributed by atoms with Crippen LogP contribution in [-0.2, 0) is 4.79 Å². The Morgan fingerprint density at radius 2 is 1.80 bits per heavy atom. The molecule has 35 heavy (non-hydrogen) atoms. The van der Waals surface area contributed by atoms with Crippen molar-refractivity contribution in [3.63, 3.8) is 0 Å². The highest BCUT2D eigenvalue weighted by molar-refractivity contribution is 7.07. The number of ether oxygens (including phenoxy) is 1. The lowest BCUT2D eigenvalue weighted by Crippen LogP contribution is -2.59. The summed E-state index contributed by atoms with van der Waals surface area (Å²) in [6.45, 7) is 1.78. The second-order valence-corrected chi connectivity index (χ2v) is 9.71. The van der Waals surface area contributed by atoms with Crippen LogP contribution in [0.4, 0.5) is 10.1 Å². The minimum atomic E-state index is -1.21. The summed E-state index contributed by atoms with van der Waals surface area (Å²) in [6, 6.07) is 21.9. The number of carbonyl (C=O) groups is 1. The van der Waals surface area contributed by atoms with Gasteiger partial charge in [-0.2, -0.15) is 0 Å². The van der Waals surface area contributed by atoms with Crippen LogP contribution in [0.2, 0.25) is 0 Å². The third-order valence-corrected chi connectivity index (χ3v) is 7.35. The fourth-order valence-electron chi connectivity index (χ4n) is 4.80. The third kappa shape index (κ3) is 3.57. The molecule has 3 heterocycles. The van der Waals surface area contributed by atoms with Crippen LogP contribution in [0.5, 0.6) is 5.75 Å². The van der Waals surface area contributed by atoms with E-state index in [0.717, 1.165) is 5.56 Å². The lowest BCUT2D eigenvalue weighted by molar-refractivity contribution is -0.131. The molecule has 2 aliphatic rings. The van der Waals surface area contributed by atoms with Crippen molar-refractivity contribution in [2.24, 2.45) is 10.9 Å². The minimum absolute atomic E-state index is 0.251. The highest BCUT2D eigenvalue weighted by Crippen LogP contribution is 2.47. The summed E-state index contributed by atoms with van der Waals surface area (Å²) >= 11 is 1.23. The van der Waals surface area contributed by atoms with Crippen LogP contribution in [0.1, 0.15) is 24.1 Å². The smallest absolute Gasteiger partial charge is 0.270 e. The Labute approximate surface area is 203 Å². The molecule has 0 aliphatic carbocycles. The second kappa shape index (κ2) is 8.02. The van der Waals surface area contributed by atoms with Crippen molar-refractivity contribution in [2.75, 3.05) is 5.32 Å². The first kappa shape index (κ1) is 21.5. The maximum absolute atomic E-state index is 13.7. The Hall–Kier alpha value is -4.04.